The van der Waals surface area contributed by atoms with Gasteiger partial charge in [-0.15, -0.1) is 11.6 Å². The Morgan fingerprint density at radius 2 is 2.30 bits per heavy atom. The van der Waals surface area contributed by atoms with Crippen LogP contribution in [0.2, 0.25) is 0 Å². The summed E-state index contributed by atoms with van der Waals surface area (Å²) in [6.07, 6.45) is 2.23. The Labute approximate surface area is 66.9 Å². The summed E-state index contributed by atoms with van der Waals surface area (Å²) in [5.74, 6) is 0. The highest BCUT2D eigenvalue weighted by atomic mass is 35.5. The predicted octanol–water partition coefficient (Wildman–Crippen LogP) is 0.992. The molecule has 1 saturated carbocycles. The van der Waals surface area contributed by atoms with Crippen molar-refractivity contribution in [2.45, 2.75) is 24.3 Å². The summed E-state index contributed by atoms with van der Waals surface area (Å²) in [6, 6.07) is 0.651. The van der Waals surface area contributed by atoms with Crippen molar-refractivity contribution in [3.8, 4) is 0 Å². The lowest BCUT2D eigenvalue weighted by Gasteiger charge is -2.31. The van der Waals surface area contributed by atoms with E-state index >= 15 is 0 Å². The van der Waals surface area contributed by atoms with Gasteiger partial charge in [-0.2, -0.15) is 0 Å². The number of rotatable bonds is 4. The Morgan fingerprint density at radius 1 is 1.60 bits per heavy atom. The molecule has 3 heteroatoms. The SMILES string of the molecule is COCCNC1CC(Cl)C1. The molecule has 1 fully saturated rings. The molecule has 0 spiro atoms. The van der Waals surface area contributed by atoms with Gasteiger partial charge >= 0.3 is 0 Å². The number of hydrogen-bond donors (Lipinski definition) is 1. The van der Waals surface area contributed by atoms with Crippen LogP contribution in [0.15, 0.2) is 0 Å². The molecule has 2 nitrogen and oxygen atoms in total. The van der Waals surface area contributed by atoms with Crippen LogP contribution >= 0.6 is 11.6 Å². The molecule has 60 valence electrons. The van der Waals surface area contributed by atoms with Crippen molar-refractivity contribution in [2.24, 2.45) is 0 Å². The first-order valence-electron chi connectivity index (χ1n) is 3.69. The second kappa shape index (κ2) is 4.16. The normalized spacial score (nSPS) is 31.8. The van der Waals surface area contributed by atoms with Gasteiger partial charge in [-0.05, 0) is 12.8 Å². The largest absolute Gasteiger partial charge is 0.383 e. The molecular weight excluding hydrogens is 150 g/mol. The lowest BCUT2D eigenvalue weighted by Crippen LogP contribution is -2.43. The molecule has 0 heterocycles. The van der Waals surface area contributed by atoms with E-state index in [0.717, 1.165) is 26.0 Å². The Morgan fingerprint density at radius 3 is 2.80 bits per heavy atom. The molecule has 0 aromatic carbocycles. The van der Waals surface area contributed by atoms with E-state index in [9.17, 15) is 0 Å². The van der Waals surface area contributed by atoms with Gasteiger partial charge in [-0.3, -0.25) is 0 Å². The molecule has 0 radical (unpaired) electrons. The van der Waals surface area contributed by atoms with Gasteiger partial charge in [0.2, 0.25) is 0 Å². The molecular formula is C7H14ClNO. The lowest BCUT2D eigenvalue weighted by molar-refractivity contribution is 0.189. The predicted molar refractivity (Wildman–Crippen MR) is 42.5 cm³/mol. The third kappa shape index (κ3) is 2.45. The summed E-state index contributed by atoms with van der Waals surface area (Å²) in [5.41, 5.74) is 0. The number of nitrogens with one attached hydrogen (secondary N) is 1. The van der Waals surface area contributed by atoms with Crippen LogP contribution in [-0.4, -0.2) is 31.7 Å². The van der Waals surface area contributed by atoms with Crippen LogP contribution < -0.4 is 5.32 Å². The summed E-state index contributed by atoms with van der Waals surface area (Å²) >= 11 is 5.79. The molecule has 10 heavy (non-hydrogen) atoms. The standard InChI is InChI=1S/C7H14ClNO/c1-10-3-2-9-7-4-6(8)5-7/h6-7,9H,2-5H2,1H3. The van der Waals surface area contributed by atoms with Gasteiger partial charge in [-0.25, -0.2) is 0 Å². The van der Waals surface area contributed by atoms with Gasteiger partial charge < -0.3 is 10.1 Å². The summed E-state index contributed by atoms with van der Waals surface area (Å²) in [5, 5.41) is 3.76. The highest BCUT2D eigenvalue weighted by Gasteiger charge is 2.25. The van der Waals surface area contributed by atoms with Gasteiger partial charge in [-0.1, -0.05) is 0 Å². The van der Waals surface area contributed by atoms with Gasteiger partial charge in [0.15, 0.2) is 0 Å². The molecule has 0 aromatic heterocycles. The number of alkyl halides is 1. The molecule has 1 aliphatic rings. The average Bonchev–Trinajstić information content (AvgIpc) is 1.85. The van der Waals surface area contributed by atoms with Crippen LogP contribution in [0.1, 0.15) is 12.8 Å². The minimum absolute atomic E-state index is 0.417. The number of ether oxygens (including phenoxy) is 1. The molecule has 1 aliphatic carbocycles. The second-order valence-corrected chi connectivity index (χ2v) is 3.33. The highest BCUT2D eigenvalue weighted by Crippen LogP contribution is 2.24. The first-order valence-corrected chi connectivity index (χ1v) is 4.13. The zero-order valence-electron chi connectivity index (χ0n) is 6.27. The van der Waals surface area contributed by atoms with Crippen molar-refractivity contribution in [1.82, 2.24) is 5.32 Å². The minimum atomic E-state index is 0.417. The van der Waals surface area contributed by atoms with Crippen molar-refractivity contribution in [1.29, 1.82) is 0 Å². The van der Waals surface area contributed by atoms with Crippen molar-refractivity contribution in [2.75, 3.05) is 20.3 Å². The van der Waals surface area contributed by atoms with Crippen molar-refractivity contribution in [3.63, 3.8) is 0 Å². The zero-order valence-corrected chi connectivity index (χ0v) is 7.03. The lowest BCUT2D eigenvalue weighted by atomic mass is 9.92. The van der Waals surface area contributed by atoms with Crippen LogP contribution in [0.4, 0.5) is 0 Å². The maximum atomic E-state index is 5.79. The van der Waals surface area contributed by atoms with Crippen LogP contribution in [-0.2, 0) is 4.74 Å². The summed E-state index contributed by atoms with van der Waals surface area (Å²) in [4.78, 5) is 0. The molecule has 1 N–H and O–H groups in total. The van der Waals surface area contributed by atoms with E-state index in [1.165, 1.54) is 0 Å². The second-order valence-electron chi connectivity index (χ2n) is 2.71. The van der Waals surface area contributed by atoms with E-state index in [-0.39, 0.29) is 0 Å². The monoisotopic (exact) mass is 163 g/mol. The molecule has 0 amide bonds. The first kappa shape index (κ1) is 8.31. The third-order valence-electron chi connectivity index (χ3n) is 1.82. The van der Waals surface area contributed by atoms with E-state index in [4.69, 9.17) is 16.3 Å². The van der Waals surface area contributed by atoms with Crippen LogP contribution in [0.3, 0.4) is 0 Å². The van der Waals surface area contributed by atoms with Gasteiger partial charge in [0.1, 0.15) is 0 Å². The first-order chi connectivity index (χ1) is 4.83. The fourth-order valence-electron chi connectivity index (χ4n) is 1.08. The third-order valence-corrected chi connectivity index (χ3v) is 2.18. The van der Waals surface area contributed by atoms with Crippen LogP contribution in [0.25, 0.3) is 0 Å². The number of halogens is 1. The highest BCUT2D eigenvalue weighted by molar-refractivity contribution is 6.21. The van der Waals surface area contributed by atoms with E-state index < -0.39 is 0 Å². The number of hydrogen-bond acceptors (Lipinski definition) is 2. The topological polar surface area (TPSA) is 21.3 Å². The van der Waals surface area contributed by atoms with Crippen molar-refractivity contribution >= 4 is 11.6 Å². The molecule has 1 rings (SSSR count). The van der Waals surface area contributed by atoms with Gasteiger partial charge in [0, 0.05) is 25.1 Å². The molecule has 0 atom stereocenters. The summed E-state index contributed by atoms with van der Waals surface area (Å²) in [7, 11) is 1.72. The smallest absolute Gasteiger partial charge is 0.0587 e. The summed E-state index contributed by atoms with van der Waals surface area (Å²) < 4.78 is 4.89. The Kier molecular flexibility index (Phi) is 3.46. The van der Waals surface area contributed by atoms with E-state index in [0.29, 0.717) is 11.4 Å². The molecule has 0 bridgehead atoms. The Hall–Kier alpha value is 0.210. The number of methoxy groups -OCH3 is 1. The quantitative estimate of drug-likeness (QED) is 0.493. The van der Waals surface area contributed by atoms with Crippen molar-refractivity contribution < 1.29 is 4.74 Å². The average molecular weight is 164 g/mol. The minimum Gasteiger partial charge on any atom is -0.383 e. The molecule has 0 aromatic rings. The maximum absolute atomic E-state index is 5.79. The van der Waals surface area contributed by atoms with E-state index in [2.05, 4.69) is 5.32 Å². The van der Waals surface area contributed by atoms with Gasteiger partial charge in [0.05, 0.1) is 6.61 Å². The van der Waals surface area contributed by atoms with E-state index in [1.54, 1.807) is 7.11 Å². The van der Waals surface area contributed by atoms with Crippen LogP contribution in [0.5, 0.6) is 0 Å². The molecule has 0 saturated heterocycles. The van der Waals surface area contributed by atoms with E-state index in [1.807, 2.05) is 0 Å². The molecule has 0 aliphatic heterocycles. The van der Waals surface area contributed by atoms with Crippen molar-refractivity contribution in [3.05, 3.63) is 0 Å². The van der Waals surface area contributed by atoms with Gasteiger partial charge in [0.25, 0.3) is 0 Å². The van der Waals surface area contributed by atoms with Crippen LogP contribution in [0, 0.1) is 0 Å². The summed E-state index contributed by atoms with van der Waals surface area (Å²) in [6.45, 7) is 1.74. The maximum Gasteiger partial charge on any atom is 0.0587 e. The molecule has 0 unspecified atom stereocenters. The Balaban J connectivity index is 1.86. The zero-order chi connectivity index (χ0) is 7.40. The fraction of sp³-hybridized carbons (Fsp3) is 1.00. The fourth-order valence-corrected chi connectivity index (χ4v) is 1.51. The Bertz CT molecular complexity index is 93.6.